The Morgan fingerprint density at radius 2 is 1.89 bits per heavy atom. The van der Waals surface area contributed by atoms with Crippen molar-refractivity contribution < 1.29 is 9.69 Å². The molecule has 6 nitrogen and oxygen atoms in total. The second-order valence-electron chi connectivity index (χ2n) is 7.27. The van der Waals surface area contributed by atoms with Crippen LogP contribution in [0.15, 0.2) is 29.4 Å². The van der Waals surface area contributed by atoms with E-state index in [2.05, 4.69) is 54.9 Å². The fourth-order valence-electron chi connectivity index (χ4n) is 3.19. The van der Waals surface area contributed by atoms with Crippen LogP contribution in [0.25, 0.3) is 0 Å². The summed E-state index contributed by atoms with van der Waals surface area (Å²) in [6.45, 7) is 7.38. The van der Waals surface area contributed by atoms with Crippen LogP contribution in [0.1, 0.15) is 57.5 Å². The fraction of sp³-hybridized carbons (Fsp3) is 0.571. The number of nitrogens with one attached hydrogen (secondary N) is 2. The highest BCUT2D eigenvalue weighted by Gasteiger charge is 2.24. The number of carbonyl (C=O) groups is 1. The number of hydrogen-bond donors (Lipinski definition) is 2. The topological polar surface area (TPSA) is 64.2 Å². The summed E-state index contributed by atoms with van der Waals surface area (Å²) < 4.78 is 2.21. The van der Waals surface area contributed by atoms with E-state index in [0.29, 0.717) is 11.8 Å². The molecule has 0 bridgehead atoms. The van der Waals surface area contributed by atoms with Crippen molar-refractivity contribution in [3.63, 3.8) is 0 Å². The minimum absolute atomic E-state index is 0.0221. The third kappa shape index (κ3) is 6.07. The number of aromatic nitrogens is 3. The molecule has 2 aromatic rings. The number of aryl methyl sites for hydroxylation is 1. The van der Waals surface area contributed by atoms with Crippen molar-refractivity contribution in [2.24, 2.45) is 0 Å². The molecule has 0 aliphatic rings. The molecule has 0 aliphatic carbocycles. The maximum atomic E-state index is 12.4. The van der Waals surface area contributed by atoms with E-state index in [1.54, 1.807) is 0 Å². The van der Waals surface area contributed by atoms with Crippen LogP contribution >= 0.6 is 11.8 Å². The monoisotopic (exact) mass is 404 g/mol. The lowest BCUT2D eigenvalue weighted by molar-refractivity contribution is -0.893. The zero-order valence-electron chi connectivity index (χ0n) is 17.8. The average molecular weight is 405 g/mol. The Balaban J connectivity index is 2.05. The van der Waals surface area contributed by atoms with Crippen LogP contribution in [0.3, 0.4) is 0 Å². The highest BCUT2D eigenvalue weighted by Crippen LogP contribution is 2.22. The number of quaternary nitrogens is 1. The number of amides is 1. The molecule has 0 unspecified atom stereocenters. The van der Waals surface area contributed by atoms with Gasteiger partial charge in [-0.05, 0) is 30.5 Å². The minimum atomic E-state index is -0.0221. The standard InChI is InChI=1S/C21H33N5OS/c1-6-9-14-26-20(18(8-3)25(4)5)23-24-21(26)28-15-19(27)22-17-12-10-16(7-2)11-13-17/h10-13,18H,6-9,14-15H2,1-5H3,(H,22,27)/p+1/t18-/m1/s1. The Kier molecular flexibility index (Phi) is 8.99. The summed E-state index contributed by atoms with van der Waals surface area (Å²) in [6, 6.07) is 8.31. The van der Waals surface area contributed by atoms with E-state index in [1.807, 2.05) is 24.3 Å². The molecule has 1 aromatic heterocycles. The van der Waals surface area contributed by atoms with E-state index >= 15 is 0 Å². The van der Waals surface area contributed by atoms with Crippen LogP contribution in [0, 0.1) is 0 Å². The second-order valence-corrected chi connectivity index (χ2v) is 8.21. The van der Waals surface area contributed by atoms with Crippen molar-refractivity contribution in [1.29, 1.82) is 0 Å². The molecule has 1 atom stereocenters. The first kappa shape index (κ1) is 22.4. The Morgan fingerprint density at radius 1 is 1.18 bits per heavy atom. The lowest BCUT2D eigenvalue weighted by Crippen LogP contribution is -3.06. The molecule has 0 saturated carbocycles. The summed E-state index contributed by atoms with van der Waals surface area (Å²) in [7, 11) is 4.30. The van der Waals surface area contributed by atoms with Crippen LogP contribution in [-0.2, 0) is 17.8 Å². The maximum absolute atomic E-state index is 12.4. The summed E-state index contributed by atoms with van der Waals surface area (Å²) in [5.74, 6) is 1.32. The van der Waals surface area contributed by atoms with Gasteiger partial charge in [-0.25, -0.2) is 0 Å². The molecule has 2 rings (SSSR count). The SMILES string of the molecule is CCCCn1c(SCC(=O)Nc2ccc(CC)cc2)nnc1[C@@H](CC)[NH+](C)C. The number of unbranched alkanes of at least 4 members (excludes halogenated alkanes) is 1. The smallest absolute Gasteiger partial charge is 0.234 e. The minimum Gasteiger partial charge on any atom is -0.331 e. The first-order chi connectivity index (χ1) is 13.5. The average Bonchev–Trinajstić information content (AvgIpc) is 3.08. The molecule has 1 heterocycles. The summed E-state index contributed by atoms with van der Waals surface area (Å²) >= 11 is 1.46. The largest absolute Gasteiger partial charge is 0.331 e. The van der Waals surface area contributed by atoms with Crippen molar-refractivity contribution in [2.75, 3.05) is 25.2 Å². The predicted molar refractivity (Wildman–Crippen MR) is 116 cm³/mol. The molecule has 0 radical (unpaired) electrons. The van der Waals surface area contributed by atoms with Crippen LogP contribution in [0.5, 0.6) is 0 Å². The van der Waals surface area contributed by atoms with Gasteiger partial charge in [-0.3, -0.25) is 4.79 Å². The molecule has 28 heavy (non-hydrogen) atoms. The molecule has 1 amide bonds. The van der Waals surface area contributed by atoms with Crippen LogP contribution in [0.2, 0.25) is 0 Å². The zero-order chi connectivity index (χ0) is 20.5. The number of benzene rings is 1. The molecule has 0 saturated heterocycles. The van der Waals surface area contributed by atoms with E-state index in [-0.39, 0.29) is 5.91 Å². The number of nitrogens with zero attached hydrogens (tertiary/aromatic N) is 3. The molecule has 154 valence electrons. The van der Waals surface area contributed by atoms with Crippen molar-refractivity contribution in [1.82, 2.24) is 14.8 Å². The van der Waals surface area contributed by atoms with Gasteiger partial charge in [-0.2, -0.15) is 0 Å². The molecular weight excluding hydrogens is 370 g/mol. The fourth-order valence-corrected chi connectivity index (χ4v) is 3.96. The number of carbonyl (C=O) groups excluding carboxylic acids is 1. The highest BCUT2D eigenvalue weighted by atomic mass is 32.2. The number of hydrogen-bond acceptors (Lipinski definition) is 4. The van der Waals surface area contributed by atoms with Crippen LogP contribution < -0.4 is 10.2 Å². The van der Waals surface area contributed by atoms with Gasteiger partial charge in [0.05, 0.1) is 19.8 Å². The van der Waals surface area contributed by atoms with Gasteiger partial charge in [0.2, 0.25) is 5.91 Å². The highest BCUT2D eigenvalue weighted by molar-refractivity contribution is 7.99. The van der Waals surface area contributed by atoms with E-state index in [9.17, 15) is 4.79 Å². The van der Waals surface area contributed by atoms with Gasteiger partial charge < -0.3 is 14.8 Å². The van der Waals surface area contributed by atoms with E-state index in [0.717, 1.165) is 48.9 Å². The third-order valence-corrected chi connectivity index (χ3v) is 5.84. The Bertz CT molecular complexity index is 742. The Morgan fingerprint density at radius 3 is 2.46 bits per heavy atom. The maximum Gasteiger partial charge on any atom is 0.234 e. The first-order valence-corrected chi connectivity index (χ1v) is 11.2. The van der Waals surface area contributed by atoms with Crippen LogP contribution in [-0.4, -0.2) is 40.5 Å². The van der Waals surface area contributed by atoms with Crippen LogP contribution in [0.4, 0.5) is 5.69 Å². The number of thioether (sulfide) groups is 1. The van der Waals surface area contributed by atoms with E-state index in [4.69, 9.17) is 0 Å². The zero-order valence-corrected chi connectivity index (χ0v) is 18.6. The number of rotatable bonds is 11. The summed E-state index contributed by atoms with van der Waals surface area (Å²) in [5.41, 5.74) is 2.09. The van der Waals surface area contributed by atoms with Crippen molar-refractivity contribution in [3.8, 4) is 0 Å². The first-order valence-electron chi connectivity index (χ1n) is 10.2. The quantitative estimate of drug-likeness (QED) is 0.565. The molecule has 0 aliphatic heterocycles. The summed E-state index contributed by atoms with van der Waals surface area (Å²) in [6.07, 6.45) is 4.19. The Labute approximate surface area is 173 Å². The summed E-state index contributed by atoms with van der Waals surface area (Å²) in [5, 5.41) is 12.7. The van der Waals surface area contributed by atoms with E-state index in [1.165, 1.54) is 22.2 Å². The molecular formula is C21H34N5OS+. The second kappa shape index (κ2) is 11.2. The van der Waals surface area contributed by atoms with Gasteiger partial charge >= 0.3 is 0 Å². The van der Waals surface area contributed by atoms with Gasteiger partial charge in [0.25, 0.3) is 0 Å². The molecule has 0 spiro atoms. The molecule has 1 aromatic carbocycles. The summed E-state index contributed by atoms with van der Waals surface area (Å²) in [4.78, 5) is 13.7. The molecule has 2 N–H and O–H groups in total. The lowest BCUT2D eigenvalue weighted by atomic mass is 10.1. The Hall–Kier alpha value is -1.86. The van der Waals surface area contributed by atoms with Gasteiger partial charge in [0.1, 0.15) is 6.04 Å². The van der Waals surface area contributed by atoms with Gasteiger partial charge in [-0.1, -0.05) is 51.1 Å². The normalized spacial score (nSPS) is 12.4. The molecule has 0 fully saturated rings. The number of anilines is 1. The van der Waals surface area contributed by atoms with Gasteiger partial charge in [-0.15, -0.1) is 10.2 Å². The van der Waals surface area contributed by atoms with Gasteiger partial charge in [0.15, 0.2) is 11.0 Å². The lowest BCUT2D eigenvalue weighted by Gasteiger charge is -2.20. The van der Waals surface area contributed by atoms with E-state index < -0.39 is 0 Å². The predicted octanol–water partition coefficient (Wildman–Crippen LogP) is 2.97. The third-order valence-electron chi connectivity index (χ3n) is 4.88. The van der Waals surface area contributed by atoms with Crippen molar-refractivity contribution in [3.05, 3.63) is 35.7 Å². The van der Waals surface area contributed by atoms with Crippen molar-refractivity contribution >= 4 is 23.4 Å². The molecule has 7 heteroatoms. The van der Waals surface area contributed by atoms with Crippen molar-refractivity contribution in [2.45, 2.75) is 64.2 Å². The van der Waals surface area contributed by atoms with Gasteiger partial charge in [0, 0.05) is 18.7 Å².